The minimum atomic E-state index is -0.593. The Bertz CT molecular complexity index is 738. The average Bonchev–Trinajstić information content (AvgIpc) is 2.68. The van der Waals surface area contributed by atoms with Crippen LogP contribution in [0.25, 0.3) is 0 Å². The summed E-state index contributed by atoms with van der Waals surface area (Å²) in [6.07, 6.45) is 0.324. The third kappa shape index (κ3) is 6.71. The van der Waals surface area contributed by atoms with Crippen LogP contribution in [-0.2, 0) is 16.1 Å². The number of nitrogens with zero attached hydrogens (tertiary/aromatic N) is 1. The van der Waals surface area contributed by atoms with Gasteiger partial charge in [-0.25, -0.2) is 4.39 Å². The first-order chi connectivity index (χ1) is 13.0. The lowest BCUT2D eigenvalue weighted by Gasteiger charge is -2.28. The van der Waals surface area contributed by atoms with Crippen molar-refractivity contribution in [3.63, 3.8) is 0 Å². The normalized spacial score (nSPS) is 11.7. The molecule has 2 rings (SSSR count). The van der Waals surface area contributed by atoms with Gasteiger partial charge < -0.3 is 10.2 Å². The standard InChI is InChI=1S/C21H25FN2O2S/c1-3-23-21(26)16(2)24(15-17-9-11-18(22)12-10-17)20(25)13-14-27-19-7-5-4-6-8-19/h4-12,16H,3,13-15H2,1-2H3,(H,23,26). The molecule has 2 amide bonds. The summed E-state index contributed by atoms with van der Waals surface area (Å²) in [7, 11) is 0. The number of halogens is 1. The maximum atomic E-state index is 13.2. The molecule has 144 valence electrons. The summed E-state index contributed by atoms with van der Waals surface area (Å²) in [4.78, 5) is 27.7. The van der Waals surface area contributed by atoms with Crippen molar-refractivity contribution >= 4 is 23.6 Å². The lowest BCUT2D eigenvalue weighted by molar-refractivity contribution is -0.140. The minimum absolute atomic E-state index is 0.0958. The molecule has 2 aromatic carbocycles. The highest BCUT2D eigenvalue weighted by Gasteiger charge is 2.25. The van der Waals surface area contributed by atoms with Gasteiger partial charge >= 0.3 is 0 Å². The molecule has 1 atom stereocenters. The quantitative estimate of drug-likeness (QED) is 0.664. The van der Waals surface area contributed by atoms with Gasteiger partial charge in [0.2, 0.25) is 11.8 Å². The molecule has 1 N–H and O–H groups in total. The maximum Gasteiger partial charge on any atom is 0.242 e. The summed E-state index contributed by atoms with van der Waals surface area (Å²) >= 11 is 1.61. The van der Waals surface area contributed by atoms with Gasteiger partial charge in [-0.1, -0.05) is 30.3 Å². The van der Waals surface area contributed by atoms with Crippen LogP contribution in [0.15, 0.2) is 59.5 Å². The molecule has 0 aliphatic heterocycles. The number of hydrogen-bond acceptors (Lipinski definition) is 3. The van der Waals surface area contributed by atoms with E-state index in [4.69, 9.17) is 0 Å². The van der Waals surface area contributed by atoms with Crippen molar-refractivity contribution in [2.45, 2.75) is 37.8 Å². The molecule has 2 aromatic rings. The first-order valence-corrected chi connectivity index (χ1v) is 9.99. The summed E-state index contributed by atoms with van der Waals surface area (Å²) in [5.74, 6) is 0.0167. The van der Waals surface area contributed by atoms with Gasteiger partial charge in [-0.2, -0.15) is 0 Å². The van der Waals surface area contributed by atoms with Gasteiger partial charge in [0.25, 0.3) is 0 Å². The van der Waals surface area contributed by atoms with Crippen LogP contribution in [0, 0.1) is 5.82 Å². The number of nitrogens with one attached hydrogen (secondary N) is 1. The number of rotatable bonds is 9. The van der Waals surface area contributed by atoms with Crippen molar-refractivity contribution in [3.8, 4) is 0 Å². The first-order valence-electron chi connectivity index (χ1n) is 9.00. The Labute approximate surface area is 164 Å². The monoisotopic (exact) mass is 388 g/mol. The largest absolute Gasteiger partial charge is 0.355 e. The molecular formula is C21H25FN2O2S. The Morgan fingerprint density at radius 2 is 1.78 bits per heavy atom. The van der Waals surface area contributed by atoms with Crippen LogP contribution in [0.4, 0.5) is 4.39 Å². The molecule has 0 aliphatic rings. The first kappa shape index (κ1) is 21.0. The van der Waals surface area contributed by atoms with Crippen LogP contribution in [-0.4, -0.2) is 35.1 Å². The van der Waals surface area contributed by atoms with E-state index in [2.05, 4.69) is 5.32 Å². The van der Waals surface area contributed by atoms with Gasteiger partial charge in [0, 0.05) is 30.2 Å². The maximum absolute atomic E-state index is 13.2. The van der Waals surface area contributed by atoms with Gasteiger partial charge in [-0.05, 0) is 43.7 Å². The molecule has 0 aromatic heterocycles. The fraction of sp³-hybridized carbons (Fsp3) is 0.333. The Morgan fingerprint density at radius 1 is 1.11 bits per heavy atom. The molecule has 0 spiro atoms. The molecular weight excluding hydrogens is 363 g/mol. The topological polar surface area (TPSA) is 49.4 Å². The highest BCUT2D eigenvalue weighted by Crippen LogP contribution is 2.19. The third-order valence-electron chi connectivity index (χ3n) is 4.11. The molecule has 0 fully saturated rings. The van der Waals surface area contributed by atoms with Crippen LogP contribution < -0.4 is 5.32 Å². The van der Waals surface area contributed by atoms with E-state index < -0.39 is 6.04 Å². The average molecular weight is 389 g/mol. The number of carbonyl (C=O) groups excluding carboxylic acids is 2. The Hall–Kier alpha value is -2.34. The van der Waals surface area contributed by atoms with Gasteiger partial charge in [-0.3, -0.25) is 9.59 Å². The van der Waals surface area contributed by atoms with Crippen LogP contribution >= 0.6 is 11.8 Å². The van der Waals surface area contributed by atoms with Gasteiger partial charge in [0.05, 0.1) is 0 Å². The smallest absolute Gasteiger partial charge is 0.242 e. The van der Waals surface area contributed by atoms with E-state index in [1.54, 1.807) is 35.7 Å². The van der Waals surface area contributed by atoms with E-state index in [1.807, 2.05) is 37.3 Å². The second-order valence-corrected chi connectivity index (χ2v) is 7.30. The van der Waals surface area contributed by atoms with E-state index >= 15 is 0 Å². The second-order valence-electron chi connectivity index (χ2n) is 6.13. The molecule has 0 saturated carbocycles. The lowest BCUT2D eigenvalue weighted by atomic mass is 10.1. The van der Waals surface area contributed by atoms with Crippen molar-refractivity contribution in [2.24, 2.45) is 0 Å². The summed E-state index contributed by atoms with van der Waals surface area (Å²) in [6.45, 7) is 4.34. The van der Waals surface area contributed by atoms with E-state index in [0.717, 1.165) is 10.5 Å². The van der Waals surface area contributed by atoms with Gasteiger partial charge in [0.15, 0.2) is 0 Å². The highest BCUT2D eigenvalue weighted by atomic mass is 32.2. The number of benzene rings is 2. The number of carbonyl (C=O) groups is 2. The number of thioether (sulfide) groups is 1. The van der Waals surface area contributed by atoms with E-state index in [1.165, 1.54) is 12.1 Å². The Balaban J connectivity index is 2.03. The Kier molecular flexibility index (Phi) is 8.33. The zero-order chi connectivity index (χ0) is 19.6. The predicted octanol–water partition coefficient (Wildman–Crippen LogP) is 3.86. The molecule has 0 bridgehead atoms. The third-order valence-corrected chi connectivity index (χ3v) is 5.13. The number of likely N-dealkylation sites (N-methyl/N-ethyl adjacent to an activating group) is 1. The van der Waals surface area contributed by atoms with Crippen LogP contribution in [0.5, 0.6) is 0 Å². The van der Waals surface area contributed by atoms with Crippen LogP contribution in [0.2, 0.25) is 0 Å². The van der Waals surface area contributed by atoms with E-state index in [9.17, 15) is 14.0 Å². The Morgan fingerprint density at radius 3 is 2.41 bits per heavy atom. The highest BCUT2D eigenvalue weighted by molar-refractivity contribution is 7.99. The van der Waals surface area contributed by atoms with Crippen molar-refractivity contribution in [1.29, 1.82) is 0 Å². The molecule has 1 unspecified atom stereocenters. The lowest BCUT2D eigenvalue weighted by Crippen LogP contribution is -2.47. The zero-order valence-corrected chi connectivity index (χ0v) is 16.5. The van der Waals surface area contributed by atoms with Crippen molar-refractivity contribution in [2.75, 3.05) is 12.3 Å². The molecule has 6 heteroatoms. The van der Waals surface area contributed by atoms with Crippen molar-refractivity contribution in [3.05, 3.63) is 66.0 Å². The molecule has 0 aliphatic carbocycles. The zero-order valence-electron chi connectivity index (χ0n) is 15.7. The second kappa shape index (κ2) is 10.7. The predicted molar refractivity (Wildman–Crippen MR) is 107 cm³/mol. The van der Waals surface area contributed by atoms with Crippen molar-refractivity contribution in [1.82, 2.24) is 10.2 Å². The van der Waals surface area contributed by atoms with Crippen LogP contribution in [0.1, 0.15) is 25.8 Å². The summed E-state index contributed by atoms with van der Waals surface area (Å²) in [5.41, 5.74) is 0.789. The van der Waals surface area contributed by atoms with E-state index in [-0.39, 0.29) is 24.2 Å². The van der Waals surface area contributed by atoms with Crippen molar-refractivity contribution < 1.29 is 14.0 Å². The van der Waals surface area contributed by atoms with Gasteiger partial charge in [0.1, 0.15) is 11.9 Å². The van der Waals surface area contributed by atoms with Gasteiger partial charge in [-0.15, -0.1) is 11.8 Å². The molecule has 27 heavy (non-hydrogen) atoms. The molecule has 0 radical (unpaired) electrons. The summed E-state index contributed by atoms with van der Waals surface area (Å²) < 4.78 is 13.2. The number of amides is 2. The summed E-state index contributed by atoms with van der Waals surface area (Å²) in [6, 6.07) is 15.3. The molecule has 4 nitrogen and oxygen atoms in total. The van der Waals surface area contributed by atoms with E-state index in [0.29, 0.717) is 18.7 Å². The minimum Gasteiger partial charge on any atom is -0.355 e. The fourth-order valence-electron chi connectivity index (χ4n) is 2.61. The SMILES string of the molecule is CCNC(=O)C(C)N(Cc1ccc(F)cc1)C(=O)CCSc1ccccc1. The fourth-order valence-corrected chi connectivity index (χ4v) is 3.47. The van der Waals surface area contributed by atoms with Crippen LogP contribution in [0.3, 0.4) is 0 Å². The number of hydrogen-bond donors (Lipinski definition) is 1. The summed E-state index contributed by atoms with van der Waals surface area (Å²) in [5, 5.41) is 2.76. The molecule has 0 saturated heterocycles. The molecule has 0 heterocycles.